The molecule has 0 aliphatic rings. The first kappa shape index (κ1) is 17.8. The Morgan fingerprint density at radius 2 is 1.83 bits per heavy atom. The molecule has 0 spiro atoms. The third-order valence-electron chi connectivity index (χ3n) is 3.40. The molecule has 0 saturated heterocycles. The summed E-state index contributed by atoms with van der Waals surface area (Å²) in [6.07, 6.45) is 4.78. The number of aromatic nitrogens is 1. The molecule has 1 atom stereocenters. The van der Waals surface area contributed by atoms with Crippen LogP contribution in [0.4, 0.5) is 0 Å². The second-order valence-corrected chi connectivity index (χ2v) is 6.91. The van der Waals surface area contributed by atoms with E-state index in [0.717, 1.165) is 5.56 Å². The molecule has 2 rings (SSSR count). The molecule has 0 aliphatic carbocycles. The lowest BCUT2D eigenvalue weighted by atomic mass is 10.1. The van der Waals surface area contributed by atoms with E-state index in [1.54, 1.807) is 12.4 Å². The lowest BCUT2D eigenvalue weighted by molar-refractivity contribution is 0.0939. The molecule has 1 heterocycles. The Hall–Kier alpha value is -2.51. The molecule has 1 aromatic carbocycles. The molecular weight excluding hydrogens is 326 g/mol. The third-order valence-corrected chi connectivity index (χ3v) is 4.84. The van der Waals surface area contributed by atoms with Gasteiger partial charge in [0.1, 0.15) is 0 Å². The van der Waals surface area contributed by atoms with Crippen LogP contribution in [0.15, 0.2) is 66.3 Å². The van der Waals surface area contributed by atoms with Gasteiger partial charge in [-0.2, -0.15) is 0 Å². The van der Waals surface area contributed by atoms with E-state index >= 15 is 0 Å². The topological polar surface area (TPSA) is 88.2 Å². The number of pyridine rings is 1. The molecule has 0 aliphatic heterocycles. The highest BCUT2D eigenvalue weighted by Crippen LogP contribution is 2.14. The van der Waals surface area contributed by atoms with Crippen LogP contribution in [-0.4, -0.2) is 25.9 Å². The van der Waals surface area contributed by atoms with Crippen molar-refractivity contribution in [1.29, 1.82) is 0 Å². The number of hydrogen-bond donors (Lipinski definition) is 2. The Morgan fingerprint density at radius 3 is 2.42 bits per heavy atom. The van der Waals surface area contributed by atoms with Crippen molar-refractivity contribution in [3.8, 4) is 0 Å². The highest BCUT2D eigenvalue weighted by Gasteiger charge is 2.15. The predicted molar refractivity (Wildman–Crippen MR) is 91.9 cm³/mol. The molecule has 6 nitrogen and oxygen atoms in total. The summed E-state index contributed by atoms with van der Waals surface area (Å²) in [5.74, 6) is -0.276. The fourth-order valence-corrected chi connectivity index (χ4v) is 3.05. The van der Waals surface area contributed by atoms with Gasteiger partial charge in [0.2, 0.25) is 10.0 Å². The van der Waals surface area contributed by atoms with Gasteiger partial charge in [0.25, 0.3) is 5.91 Å². The van der Waals surface area contributed by atoms with E-state index in [-0.39, 0.29) is 23.4 Å². The maximum absolute atomic E-state index is 12.3. The second kappa shape index (κ2) is 7.85. The molecule has 0 bridgehead atoms. The summed E-state index contributed by atoms with van der Waals surface area (Å²) < 4.78 is 26.3. The molecule has 2 N–H and O–H groups in total. The monoisotopic (exact) mass is 345 g/mol. The number of carbonyl (C=O) groups is 1. The van der Waals surface area contributed by atoms with E-state index in [1.165, 1.54) is 30.3 Å². The largest absolute Gasteiger partial charge is 0.346 e. The van der Waals surface area contributed by atoms with Gasteiger partial charge in [-0.3, -0.25) is 9.78 Å². The van der Waals surface area contributed by atoms with Crippen LogP contribution in [0.3, 0.4) is 0 Å². The standard InChI is InChI=1S/C17H19N3O3S/c1-3-10-19-24(22,23)16-6-4-15(5-7-16)17(21)20-13(2)14-8-11-18-12-9-14/h3-9,11-13,19H,1,10H2,2H3,(H,20,21). The lowest BCUT2D eigenvalue weighted by Gasteiger charge is -2.14. The van der Waals surface area contributed by atoms with Crippen LogP contribution in [0.1, 0.15) is 28.9 Å². The molecule has 0 radical (unpaired) electrons. The van der Waals surface area contributed by atoms with Crippen LogP contribution in [0.2, 0.25) is 0 Å². The van der Waals surface area contributed by atoms with Crippen molar-refractivity contribution in [2.45, 2.75) is 17.9 Å². The Labute approximate surface area is 141 Å². The van der Waals surface area contributed by atoms with E-state index in [0.29, 0.717) is 5.56 Å². The molecule has 1 aromatic heterocycles. The summed E-state index contributed by atoms with van der Waals surface area (Å²) in [5, 5.41) is 2.86. The number of benzene rings is 1. The van der Waals surface area contributed by atoms with Gasteiger partial charge in [-0.15, -0.1) is 6.58 Å². The van der Waals surface area contributed by atoms with Gasteiger partial charge in [-0.1, -0.05) is 6.08 Å². The van der Waals surface area contributed by atoms with Crippen molar-refractivity contribution in [2.75, 3.05) is 6.54 Å². The summed E-state index contributed by atoms with van der Waals surface area (Å²) in [7, 11) is -3.59. The molecular formula is C17H19N3O3S. The normalized spacial score (nSPS) is 12.4. The first-order valence-corrected chi connectivity index (χ1v) is 8.84. The van der Waals surface area contributed by atoms with E-state index in [1.807, 2.05) is 19.1 Å². The zero-order valence-corrected chi connectivity index (χ0v) is 14.1. The van der Waals surface area contributed by atoms with Gasteiger partial charge in [-0.25, -0.2) is 13.1 Å². The number of carbonyl (C=O) groups excluding carboxylic acids is 1. The van der Waals surface area contributed by atoms with Crippen LogP contribution in [-0.2, 0) is 10.0 Å². The zero-order valence-electron chi connectivity index (χ0n) is 13.3. The molecule has 1 unspecified atom stereocenters. The number of amides is 1. The maximum Gasteiger partial charge on any atom is 0.251 e. The Kier molecular flexibility index (Phi) is 5.83. The van der Waals surface area contributed by atoms with Crippen LogP contribution in [0.25, 0.3) is 0 Å². The van der Waals surface area contributed by atoms with E-state index in [9.17, 15) is 13.2 Å². The number of sulfonamides is 1. The predicted octanol–water partition coefficient (Wildman–Crippen LogP) is 2.04. The van der Waals surface area contributed by atoms with Gasteiger partial charge >= 0.3 is 0 Å². The van der Waals surface area contributed by atoms with Gasteiger partial charge in [0.05, 0.1) is 10.9 Å². The van der Waals surface area contributed by atoms with E-state index in [4.69, 9.17) is 0 Å². The molecule has 1 amide bonds. The molecule has 7 heteroatoms. The molecule has 126 valence electrons. The first-order valence-electron chi connectivity index (χ1n) is 7.35. The van der Waals surface area contributed by atoms with Crippen LogP contribution in [0.5, 0.6) is 0 Å². The highest BCUT2D eigenvalue weighted by atomic mass is 32.2. The number of hydrogen-bond acceptors (Lipinski definition) is 4. The average Bonchev–Trinajstić information content (AvgIpc) is 2.60. The third kappa shape index (κ3) is 4.50. The van der Waals surface area contributed by atoms with Crippen molar-refractivity contribution in [2.24, 2.45) is 0 Å². The average molecular weight is 345 g/mol. The first-order chi connectivity index (χ1) is 11.4. The van der Waals surface area contributed by atoms with Crippen molar-refractivity contribution in [1.82, 2.24) is 15.0 Å². The van der Waals surface area contributed by atoms with Gasteiger partial charge in [0.15, 0.2) is 0 Å². The summed E-state index contributed by atoms with van der Waals surface area (Å²) in [5.41, 5.74) is 1.32. The molecule has 2 aromatic rings. The highest BCUT2D eigenvalue weighted by molar-refractivity contribution is 7.89. The van der Waals surface area contributed by atoms with Crippen molar-refractivity contribution in [3.05, 3.63) is 72.6 Å². The minimum Gasteiger partial charge on any atom is -0.346 e. The van der Waals surface area contributed by atoms with Crippen LogP contribution < -0.4 is 10.0 Å². The Morgan fingerprint density at radius 1 is 1.21 bits per heavy atom. The fraction of sp³-hybridized carbons (Fsp3) is 0.176. The number of rotatable bonds is 7. The molecule has 0 fully saturated rings. The van der Waals surface area contributed by atoms with Crippen molar-refractivity contribution in [3.63, 3.8) is 0 Å². The summed E-state index contributed by atoms with van der Waals surface area (Å²) in [6, 6.07) is 9.24. The fourth-order valence-electron chi connectivity index (χ4n) is 2.05. The van der Waals surface area contributed by atoms with Crippen LogP contribution >= 0.6 is 0 Å². The van der Waals surface area contributed by atoms with Crippen LogP contribution in [0, 0.1) is 0 Å². The Balaban J connectivity index is 2.07. The van der Waals surface area contributed by atoms with Crippen molar-refractivity contribution >= 4 is 15.9 Å². The number of nitrogens with zero attached hydrogens (tertiary/aromatic N) is 1. The SMILES string of the molecule is C=CCNS(=O)(=O)c1ccc(C(=O)NC(C)c2ccncc2)cc1. The molecule has 24 heavy (non-hydrogen) atoms. The summed E-state index contributed by atoms with van der Waals surface area (Å²) in [6.45, 7) is 5.48. The minimum atomic E-state index is -3.59. The smallest absolute Gasteiger partial charge is 0.251 e. The van der Waals surface area contributed by atoms with Crippen molar-refractivity contribution < 1.29 is 13.2 Å². The summed E-state index contributed by atoms with van der Waals surface area (Å²) in [4.78, 5) is 16.3. The zero-order chi connectivity index (χ0) is 17.6. The van der Waals surface area contributed by atoms with E-state index < -0.39 is 10.0 Å². The quantitative estimate of drug-likeness (QED) is 0.752. The molecule has 0 saturated carbocycles. The van der Waals surface area contributed by atoms with E-state index in [2.05, 4.69) is 21.6 Å². The number of nitrogens with one attached hydrogen (secondary N) is 2. The maximum atomic E-state index is 12.3. The Bertz CT molecular complexity index is 803. The minimum absolute atomic E-state index is 0.100. The lowest BCUT2D eigenvalue weighted by Crippen LogP contribution is -2.27. The van der Waals surface area contributed by atoms with Gasteiger partial charge in [0, 0.05) is 24.5 Å². The second-order valence-electron chi connectivity index (χ2n) is 5.14. The van der Waals surface area contributed by atoms with Gasteiger partial charge in [-0.05, 0) is 48.9 Å². The van der Waals surface area contributed by atoms with Gasteiger partial charge < -0.3 is 5.32 Å². The summed E-state index contributed by atoms with van der Waals surface area (Å²) >= 11 is 0.